The molecular formula is C33H38N2O5. The smallest absolute Gasteiger partial charge is 0.234 e. The quantitative estimate of drug-likeness (QED) is 0.366. The molecule has 0 saturated carbocycles. The van der Waals surface area contributed by atoms with E-state index in [0.717, 1.165) is 64.7 Å². The van der Waals surface area contributed by atoms with Crippen molar-refractivity contribution in [2.75, 3.05) is 26.2 Å². The molecule has 0 spiro atoms. The van der Waals surface area contributed by atoms with Gasteiger partial charge in [0, 0.05) is 33.4 Å². The van der Waals surface area contributed by atoms with Crippen molar-refractivity contribution in [3.05, 3.63) is 69.8 Å². The fraction of sp³-hybridized carbons (Fsp3) is 0.485. The van der Waals surface area contributed by atoms with Crippen molar-refractivity contribution in [3.8, 4) is 0 Å². The predicted molar refractivity (Wildman–Crippen MR) is 153 cm³/mol. The Morgan fingerprint density at radius 2 is 0.875 bits per heavy atom. The first-order chi connectivity index (χ1) is 18.9. The second-order valence-electron chi connectivity index (χ2n) is 12.4. The molecule has 40 heavy (non-hydrogen) atoms. The van der Waals surface area contributed by atoms with Crippen LogP contribution < -0.4 is 0 Å². The summed E-state index contributed by atoms with van der Waals surface area (Å²) in [6.07, 6.45) is 6.39. The summed E-state index contributed by atoms with van der Waals surface area (Å²) in [6.45, 7) is 10.8. The van der Waals surface area contributed by atoms with Crippen LogP contribution in [-0.2, 0) is 0 Å². The molecule has 3 aliphatic rings. The maximum atomic E-state index is 13.6. The van der Waals surface area contributed by atoms with E-state index in [0.29, 0.717) is 11.1 Å². The molecule has 0 N–H and O–H groups in total. The average molecular weight is 543 g/mol. The molecule has 0 atom stereocenters. The Kier molecular flexibility index (Phi) is 7.48. The molecule has 0 unspecified atom stereocenters. The molecule has 7 heteroatoms. The predicted octanol–water partition coefficient (Wildman–Crippen LogP) is 5.19. The summed E-state index contributed by atoms with van der Waals surface area (Å²) >= 11 is 0. The molecule has 2 aromatic rings. The minimum atomic E-state index is -0.840. The Labute approximate surface area is 235 Å². The van der Waals surface area contributed by atoms with Crippen molar-refractivity contribution >= 4 is 28.9 Å². The number of benzene rings is 2. The van der Waals surface area contributed by atoms with Crippen LogP contribution >= 0.6 is 0 Å². The molecular weight excluding hydrogens is 504 g/mol. The summed E-state index contributed by atoms with van der Waals surface area (Å²) in [7, 11) is 0. The third-order valence-electron chi connectivity index (χ3n) is 9.15. The fourth-order valence-electron chi connectivity index (χ4n) is 6.43. The summed E-state index contributed by atoms with van der Waals surface area (Å²) < 4.78 is 0. The number of likely N-dealkylation sites (tertiary alicyclic amines) is 2. The number of Topliss-reactive ketones (excluding diaryl/α,β-unsaturated/α-hetero) is 4. The van der Waals surface area contributed by atoms with Crippen molar-refractivity contribution in [1.82, 2.24) is 9.80 Å². The topological polar surface area (TPSA) is 91.8 Å². The van der Waals surface area contributed by atoms with Crippen LogP contribution in [0.15, 0.2) is 36.4 Å². The van der Waals surface area contributed by atoms with Gasteiger partial charge in [-0.1, -0.05) is 25.0 Å². The number of carbonyl (C=O) groups is 5. The summed E-state index contributed by atoms with van der Waals surface area (Å²) in [5, 5.41) is 0. The van der Waals surface area contributed by atoms with Gasteiger partial charge in [-0.2, -0.15) is 0 Å². The molecule has 0 amide bonds. The van der Waals surface area contributed by atoms with Crippen LogP contribution in [0.5, 0.6) is 0 Å². The first-order valence-corrected chi connectivity index (χ1v) is 14.5. The highest BCUT2D eigenvalue weighted by molar-refractivity contribution is 6.53. The van der Waals surface area contributed by atoms with E-state index < -0.39 is 28.4 Å². The lowest BCUT2D eigenvalue weighted by molar-refractivity contribution is 0.0576. The number of hydrogen-bond donors (Lipinski definition) is 0. The molecule has 7 nitrogen and oxygen atoms in total. The monoisotopic (exact) mass is 542 g/mol. The summed E-state index contributed by atoms with van der Waals surface area (Å²) in [5.74, 6) is -2.45. The van der Waals surface area contributed by atoms with E-state index in [1.54, 1.807) is 12.1 Å². The van der Waals surface area contributed by atoms with Gasteiger partial charge in [-0.15, -0.1) is 0 Å². The Morgan fingerprint density at radius 1 is 0.525 bits per heavy atom. The lowest BCUT2D eigenvalue weighted by Crippen LogP contribution is -2.52. The molecule has 5 rings (SSSR count). The maximum Gasteiger partial charge on any atom is 0.234 e. The maximum absolute atomic E-state index is 13.6. The Bertz CT molecular complexity index is 1300. The zero-order chi connectivity index (χ0) is 28.8. The summed E-state index contributed by atoms with van der Waals surface area (Å²) in [6, 6.07) is 8.92. The highest BCUT2D eigenvalue weighted by Crippen LogP contribution is 2.31. The standard InChI is InChI=1S/C33H38N2O5/c1-32(2,34-15-7-5-8-16-34)30(39)21-11-13-23-25(19-21)28(37)29(38)26-20-22(12-14-24(26)27(23)36)31(40)33(3,4)35-17-9-6-10-18-35/h11-14,19-20H,5-10,15-18H2,1-4H3. The van der Waals surface area contributed by atoms with Crippen molar-refractivity contribution in [1.29, 1.82) is 0 Å². The molecule has 210 valence electrons. The van der Waals surface area contributed by atoms with Crippen molar-refractivity contribution in [2.24, 2.45) is 0 Å². The van der Waals surface area contributed by atoms with Crippen LogP contribution in [0.4, 0.5) is 0 Å². The van der Waals surface area contributed by atoms with Gasteiger partial charge in [0.2, 0.25) is 11.6 Å². The Morgan fingerprint density at radius 3 is 1.23 bits per heavy atom. The van der Waals surface area contributed by atoms with Gasteiger partial charge in [-0.3, -0.25) is 33.8 Å². The second-order valence-corrected chi connectivity index (χ2v) is 12.4. The largest absolute Gasteiger partial charge is 0.292 e. The second kappa shape index (κ2) is 10.6. The van der Waals surface area contributed by atoms with Crippen molar-refractivity contribution < 1.29 is 24.0 Å². The van der Waals surface area contributed by atoms with Crippen LogP contribution in [0.1, 0.15) is 124 Å². The average Bonchev–Trinajstić information content (AvgIpc) is 3.06. The first kappa shape index (κ1) is 28.2. The minimum Gasteiger partial charge on any atom is -0.292 e. The Hall–Kier alpha value is -3.29. The van der Waals surface area contributed by atoms with Gasteiger partial charge in [0.05, 0.1) is 11.1 Å². The molecule has 2 heterocycles. The summed E-state index contributed by atoms with van der Waals surface area (Å²) in [4.78, 5) is 72.1. The van der Waals surface area contributed by atoms with E-state index in [9.17, 15) is 24.0 Å². The highest BCUT2D eigenvalue weighted by Gasteiger charge is 2.40. The van der Waals surface area contributed by atoms with Gasteiger partial charge in [0.15, 0.2) is 17.3 Å². The Balaban J connectivity index is 1.48. The van der Waals surface area contributed by atoms with Gasteiger partial charge in [0.1, 0.15) is 0 Å². The molecule has 0 aromatic heterocycles. The molecule has 0 bridgehead atoms. The zero-order valence-electron chi connectivity index (χ0n) is 24.0. The van der Waals surface area contributed by atoms with Gasteiger partial charge < -0.3 is 0 Å². The van der Waals surface area contributed by atoms with E-state index in [-0.39, 0.29) is 33.8 Å². The lowest BCUT2D eigenvalue weighted by atomic mass is 9.87. The summed E-state index contributed by atoms with van der Waals surface area (Å²) in [5.41, 5.74) is -0.900. The number of nitrogens with zero attached hydrogens (tertiary/aromatic N) is 2. The molecule has 1 aliphatic carbocycles. The number of ketones is 5. The zero-order valence-corrected chi connectivity index (χ0v) is 24.0. The van der Waals surface area contributed by atoms with E-state index in [2.05, 4.69) is 9.80 Å². The van der Waals surface area contributed by atoms with Crippen molar-refractivity contribution in [2.45, 2.75) is 77.3 Å². The van der Waals surface area contributed by atoms with Gasteiger partial charge in [0.25, 0.3) is 0 Å². The first-order valence-electron chi connectivity index (χ1n) is 14.5. The van der Waals surface area contributed by atoms with Crippen molar-refractivity contribution in [3.63, 3.8) is 0 Å². The lowest BCUT2D eigenvalue weighted by Gasteiger charge is -2.39. The van der Waals surface area contributed by atoms with E-state index >= 15 is 0 Å². The van der Waals surface area contributed by atoms with Gasteiger partial charge >= 0.3 is 0 Å². The fourth-order valence-corrected chi connectivity index (χ4v) is 6.43. The SMILES string of the molecule is CC(C)(C(=O)c1ccc2c(c1)C(=O)C(=O)c1cc(C(=O)C(C)(C)N3CCCCC3)ccc1C2=O)N1CCCCC1. The highest BCUT2D eigenvalue weighted by atomic mass is 16.2. The molecule has 2 saturated heterocycles. The van der Waals surface area contributed by atoms with E-state index in [1.165, 1.54) is 24.3 Å². The molecule has 2 fully saturated rings. The third kappa shape index (κ3) is 4.79. The number of hydrogen-bond acceptors (Lipinski definition) is 7. The van der Waals surface area contributed by atoms with E-state index in [4.69, 9.17) is 0 Å². The van der Waals surface area contributed by atoms with E-state index in [1.807, 2.05) is 27.7 Å². The third-order valence-corrected chi connectivity index (χ3v) is 9.15. The molecule has 0 radical (unpaired) electrons. The normalized spacial score (nSPS) is 19.1. The molecule has 2 aromatic carbocycles. The van der Waals surface area contributed by atoms with Crippen LogP contribution in [0.3, 0.4) is 0 Å². The van der Waals surface area contributed by atoms with Gasteiger partial charge in [-0.05, 0) is 104 Å². The van der Waals surface area contributed by atoms with Crippen LogP contribution in [-0.4, -0.2) is 76.0 Å². The van der Waals surface area contributed by atoms with Crippen LogP contribution in [0.2, 0.25) is 0 Å². The van der Waals surface area contributed by atoms with Gasteiger partial charge in [-0.25, -0.2) is 0 Å². The molecule has 2 aliphatic heterocycles. The van der Waals surface area contributed by atoms with Crippen LogP contribution in [0.25, 0.3) is 0 Å². The number of piperidine rings is 2. The number of rotatable bonds is 6. The number of fused-ring (bicyclic) bond motifs is 2. The van der Waals surface area contributed by atoms with Crippen LogP contribution in [0, 0.1) is 0 Å². The number of carbonyl (C=O) groups excluding carboxylic acids is 5. The minimum absolute atomic E-state index is 0.0620.